The van der Waals surface area contributed by atoms with E-state index >= 15 is 0 Å². The summed E-state index contributed by atoms with van der Waals surface area (Å²) in [6, 6.07) is 5.08. The highest BCUT2D eigenvalue weighted by atomic mass is 19.3. The molecule has 0 aliphatic rings. The molecule has 0 saturated heterocycles. The van der Waals surface area contributed by atoms with Crippen LogP contribution in [-0.4, -0.2) is 31.8 Å². The Hall–Kier alpha value is -2.81. The lowest BCUT2D eigenvalue weighted by Gasteiger charge is -2.14. The maximum atomic E-state index is 13.7. The number of hydrogen-bond donors (Lipinski definition) is 1. The van der Waals surface area contributed by atoms with Crippen LogP contribution in [0.5, 0.6) is 5.88 Å². The zero-order chi connectivity index (χ0) is 20.4. The first-order chi connectivity index (χ1) is 13.3. The second kappa shape index (κ2) is 8.05. The quantitative estimate of drug-likeness (QED) is 0.662. The molecule has 0 saturated carbocycles. The molecule has 0 aliphatic heterocycles. The van der Waals surface area contributed by atoms with Gasteiger partial charge in [-0.25, -0.2) is 17.9 Å². The summed E-state index contributed by atoms with van der Waals surface area (Å²) in [6.07, 6.45) is -1.77. The standard InChI is InChI=1S/C19H21F3N4O2/c1-4-25-10-12(19(24-25)28-3)7-14-9-16(18(21)22)23-26(14)17-6-5-13(20)8-15(17)11(2)27/h5-6,8-11,18,27H,4,7H2,1-3H3/t11-/m1/s1. The monoisotopic (exact) mass is 394 g/mol. The highest BCUT2D eigenvalue weighted by molar-refractivity contribution is 5.44. The lowest BCUT2D eigenvalue weighted by Crippen LogP contribution is -2.09. The van der Waals surface area contributed by atoms with Gasteiger partial charge in [0.05, 0.1) is 18.9 Å². The molecule has 3 aromatic rings. The molecule has 0 aliphatic carbocycles. The molecule has 1 aromatic carbocycles. The minimum Gasteiger partial charge on any atom is -0.480 e. The minimum absolute atomic E-state index is 0.222. The topological polar surface area (TPSA) is 65.1 Å². The van der Waals surface area contributed by atoms with E-state index in [2.05, 4.69) is 10.2 Å². The molecule has 0 unspecified atom stereocenters. The van der Waals surface area contributed by atoms with Crippen LogP contribution in [0.2, 0.25) is 0 Å². The number of hydrogen-bond acceptors (Lipinski definition) is 4. The van der Waals surface area contributed by atoms with Crippen LogP contribution in [0, 0.1) is 5.82 Å². The Kier molecular flexibility index (Phi) is 5.73. The van der Waals surface area contributed by atoms with Gasteiger partial charge in [0, 0.05) is 36.0 Å². The zero-order valence-electron chi connectivity index (χ0n) is 15.7. The van der Waals surface area contributed by atoms with Gasteiger partial charge in [-0.3, -0.25) is 4.68 Å². The molecule has 0 amide bonds. The van der Waals surface area contributed by atoms with E-state index in [1.165, 1.54) is 43.0 Å². The zero-order valence-corrected chi connectivity index (χ0v) is 15.7. The molecule has 1 atom stereocenters. The van der Waals surface area contributed by atoms with Crippen molar-refractivity contribution in [2.45, 2.75) is 39.3 Å². The number of alkyl halides is 2. The average molecular weight is 394 g/mol. The van der Waals surface area contributed by atoms with Crippen molar-refractivity contribution in [3.05, 3.63) is 58.8 Å². The predicted octanol–water partition coefficient (Wildman–Crippen LogP) is 3.82. The van der Waals surface area contributed by atoms with Crippen molar-refractivity contribution in [2.24, 2.45) is 0 Å². The van der Waals surface area contributed by atoms with Crippen molar-refractivity contribution in [1.82, 2.24) is 19.6 Å². The third-order valence-corrected chi connectivity index (χ3v) is 4.38. The van der Waals surface area contributed by atoms with Gasteiger partial charge >= 0.3 is 0 Å². The lowest BCUT2D eigenvalue weighted by atomic mass is 10.1. The number of aryl methyl sites for hydroxylation is 1. The number of halogens is 3. The Morgan fingerprint density at radius 3 is 2.57 bits per heavy atom. The number of aliphatic hydroxyl groups excluding tert-OH is 1. The van der Waals surface area contributed by atoms with Gasteiger partial charge in [0.2, 0.25) is 5.88 Å². The predicted molar refractivity (Wildman–Crippen MR) is 96.4 cm³/mol. The van der Waals surface area contributed by atoms with Gasteiger partial charge in [-0.05, 0) is 38.1 Å². The molecule has 9 heteroatoms. The summed E-state index contributed by atoms with van der Waals surface area (Å²) < 4.78 is 48.6. The third kappa shape index (κ3) is 3.89. The molecule has 0 spiro atoms. The summed E-state index contributed by atoms with van der Waals surface area (Å²) in [5.74, 6) is -0.142. The smallest absolute Gasteiger partial charge is 0.282 e. The fraction of sp³-hybridized carbons (Fsp3) is 0.368. The van der Waals surface area contributed by atoms with E-state index in [-0.39, 0.29) is 12.0 Å². The molecule has 150 valence electrons. The van der Waals surface area contributed by atoms with Gasteiger partial charge in [-0.15, -0.1) is 5.10 Å². The van der Waals surface area contributed by atoms with E-state index < -0.39 is 24.0 Å². The second-order valence-electron chi connectivity index (χ2n) is 6.35. The Bertz CT molecular complexity index is 966. The number of ether oxygens (including phenoxy) is 1. The van der Waals surface area contributed by atoms with Crippen LogP contribution in [0.1, 0.15) is 48.9 Å². The van der Waals surface area contributed by atoms with Gasteiger partial charge < -0.3 is 9.84 Å². The molecule has 2 heterocycles. The van der Waals surface area contributed by atoms with Gasteiger partial charge in [0.1, 0.15) is 11.5 Å². The largest absolute Gasteiger partial charge is 0.480 e. The normalized spacial score (nSPS) is 12.6. The van der Waals surface area contributed by atoms with Crippen molar-refractivity contribution in [1.29, 1.82) is 0 Å². The molecule has 2 aromatic heterocycles. The summed E-state index contributed by atoms with van der Waals surface area (Å²) in [4.78, 5) is 0. The third-order valence-electron chi connectivity index (χ3n) is 4.38. The molecule has 6 nitrogen and oxygen atoms in total. The van der Waals surface area contributed by atoms with E-state index in [4.69, 9.17) is 4.74 Å². The van der Waals surface area contributed by atoms with Crippen LogP contribution in [-0.2, 0) is 13.0 Å². The lowest BCUT2D eigenvalue weighted by molar-refractivity contribution is 0.145. The molecule has 0 bridgehead atoms. The van der Waals surface area contributed by atoms with E-state index in [0.717, 1.165) is 0 Å². The summed E-state index contributed by atoms with van der Waals surface area (Å²) in [5, 5.41) is 18.3. The maximum Gasteiger partial charge on any atom is 0.282 e. The van der Waals surface area contributed by atoms with Crippen LogP contribution < -0.4 is 4.74 Å². The number of aliphatic hydroxyl groups is 1. The van der Waals surface area contributed by atoms with E-state index in [1.807, 2.05) is 6.92 Å². The highest BCUT2D eigenvalue weighted by Crippen LogP contribution is 2.29. The van der Waals surface area contributed by atoms with Crippen molar-refractivity contribution < 1.29 is 23.0 Å². The summed E-state index contributed by atoms with van der Waals surface area (Å²) in [5.41, 5.74) is 1.32. The number of nitrogens with zero attached hydrogens (tertiary/aromatic N) is 4. The number of benzene rings is 1. The fourth-order valence-corrected chi connectivity index (χ4v) is 3.03. The minimum atomic E-state index is -2.77. The van der Waals surface area contributed by atoms with Crippen LogP contribution in [0.15, 0.2) is 30.5 Å². The van der Waals surface area contributed by atoms with Crippen LogP contribution >= 0.6 is 0 Å². The van der Waals surface area contributed by atoms with Gasteiger partial charge in [0.25, 0.3) is 6.43 Å². The van der Waals surface area contributed by atoms with Crippen molar-refractivity contribution in [3.8, 4) is 11.6 Å². The van der Waals surface area contributed by atoms with Crippen molar-refractivity contribution >= 4 is 0 Å². The van der Waals surface area contributed by atoms with Crippen molar-refractivity contribution in [3.63, 3.8) is 0 Å². The Morgan fingerprint density at radius 2 is 1.96 bits per heavy atom. The summed E-state index contributed by atoms with van der Waals surface area (Å²) in [7, 11) is 1.49. The van der Waals surface area contributed by atoms with Crippen LogP contribution in [0.3, 0.4) is 0 Å². The first-order valence-corrected chi connectivity index (χ1v) is 8.79. The first kappa shape index (κ1) is 19.9. The molecule has 3 rings (SSSR count). The second-order valence-corrected chi connectivity index (χ2v) is 6.35. The molecule has 28 heavy (non-hydrogen) atoms. The number of methoxy groups -OCH3 is 1. The van der Waals surface area contributed by atoms with E-state index in [1.54, 1.807) is 10.9 Å². The summed E-state index contributed by atoms with van der Waals surface area (Å²) >= 11 is 0. The Morgan fingerprint density at radius 1 is 1.21 bits per heavy atom. The van der Waals surface area contributed by atoms with E-state index in [0.29, 0.717) is 29.4 Å². The number of aromatic nitrogens is 4. The molecular formula is C19H21F3N4O2. The fourth-order valence-electron chi connectivity index (χ4n) is 3.03. The molecule has 0 fully saturated rings. The SMILES string of the molecule is CCn1cc(Cc2cc(C(F)F)nn2-c2ccc(F)cc2[C@@H](C)O)c(OC)n1. The van der Waals surface area contributed by atoms with Gasteiger partial charge in [-0.1, -0.05) is 0 Å². The van der Waals surface area contributed by atoms with Crippen LogP contribution in [0.4, 0.5) is 13.2 Å². The highest BCUT2D eigenvalue weighted by Gasteiger charge is 2.21. The molecule has 1 N–H and O–H groups in total. The first-order valence-electron chi connectivity index (χ1n) is 8.79. The summed E-state index contributed by atoms with van der Waals surface area (Å²) in [6.45, 7) is 4.02. The Labute approximate surface area is 160 Å². The molecule has 0 radical (unpaired) electrons. The van der Waals surface area contributed by atoms with Crippen LogP contribution in [0.25, 0.3) is 5.69 Å². The Balaban J connectivity index is 2.12. The number of rotatable bonds is 7. The van der Waals surface area contributed by atoms with Gasteiger partial charge in [-0.2, -0.15) is 5.10 Å². The van der Waals surface area contributed by atoms with E-state index in [9.17, 15) is 18.3 Å². The van der Waals surface area contributed by atoms with Gasteiger partial charge in [0.15, 0.2) is 0 Å². The molecular weight excluding hydrogens is 373 g/mol. The average Bonchev–Trinajstić information content (AvgIpc) is 3.26. The maximum absolute atomic E-state index is 13.7. The van der Waals surface area contributed by atoms with Crippen molar-refractivity contribution in [2.75, 3.05) is 7.11 Å².